The van der Waals surface area contributed by atoms with Crippen LogP contribution < -0.4 is 9.47 Å². The summed E-state index contributed by atoms with van der Waals surface area (Å²) in [7, 11) is 3.33. The van der Waals surface area contributed by atoms with Gasteiger partial charge in [0.05, 0.1) is 19.8 Å². The van der Waals surface area contributed by atoms with E-state index in [9.17, 15) is 9.90 Å². The minimum Gasteiger partial charge on any atom is -0.497 e. The molecule has 7 heteroatoms. The van der Waals surface area contributed by atoms with Crippen LogP contribution in [0, 0.1) is 0 Å². The summed E-state index contributed by atoms with van der Waals surface area (Å²) in [6.07, 6.45) is 5.44. The third kappa shape index (κ3) is 5.13. The molecule has 0 spiro atoms. The van der Waals surface area contributed by atoms with Gasteiger partial charge in [-0.15, -0.1) is 0 Å². The molecular weight excluding hydrogens is 472 g/mol. The topological polar surface area (TPSA) is 63.9 Å². The number of carboxylic acids is 1. The van der Waals surface area contributed by atoms with Gasteiger partial charge in [0, 0.05) is 30.2 Å². The van der Waals surface area contributed by atoms with Gasteiger partial charge in [0.25, 0.3) is 0 Å². The van der Waals surface area contributed by atoms with Gasteiger partial charge >= 0.3 is 5.97 Å². The van der Waals surface area contributed by atoms with Gasteiger partial charge in [0.2, 0.25) is 0 Å². The van der Waals surface area contributed by atoms with Gasteiger partial charge in [0.1, 0.15) is 11.5 Å². The largest absolute Gasteiger partial charge is 0.497 e. The van der Waals surface area contributed by atoms with Crippen molar-refractivity contribution in [3.63, 3.8) is 0 Å². The Bertz CT molecular complexity index is 1340. The van der Waals surface area contributed by atoms with E-state index in [1.54, 1.807) is 37.7 Å². The highest BCUT2D eigenvalue weighted by atomic mass is 32.1. The molecule has 1 saturated heterocycles. The molecule has 2 aromatic carbocycles. The molecule has 0 amide bonds. The number of aromatic carboxylic acids is 1. The number of benzene rings is 2. The van der Waals surface area contributed by atoms with Crippen LogP contribution >= 0.6 is 11.3 Å². The summed E-state index contributed by atoms with van der Waals surface area (Å²) in [5.41, 5.74) is 5.17. The first-order valence-corrected chi connectivity index (χ1v) is 13.3. The molecule has 0 unspecified atom stereocenters. The Morgan fingerprint density at radius 3 is 2.50 bits per heavy atom. The number of rotatable bonds is 9. The van der Waals surface area contributed by atoms with Gasteiger partial charge in [-0.1, -0.05) is 0 Å². The number of hydrogen-bond donors (Lipinski definition) is 1. The van der Waals surface area contributed by atoms with Gasteiger partial charge < -0.3 is 19.1 Å². The molecule has 0 bridgehead atoms. The molecule has 1 aliphatic rings. The highest BCUT2D eigenvalue weighted by Crippen LogP contribution is 2.37. The zero-order valence-corrected chi connectivity index (χ0v) is 21.6. The van der Waals surface area contributed by atoms with Crippen LogP contribution in [0.15, 0.2) is 59.4 Å². The third-order valence-corrected chi connectivity index (χ3v) is 8.04. The van der Waals surface area contributed by atoms with Gasteiger partial charge in [-0.25, -0.2) is 4.79 Å². The number of aromatic nitrogens is 1. The number of nitrogens with zero attached hydrogens (tertiary/aromatic N) is 2. The lowest BCUT2D eigenvalue weighted by molar-refractivity contribution is 0.0694. The second kappa shape index (κ2) is 10.8. The molecule has 0 radical (unpaired) electrons. The molecule has 4 aromatic rings. The summed E-state index contributed by atoms with van der Waals surface area (Å²) in [6, 6.07) is 13.8. The highest BCUT2D eigenvalue weighted by Gasteiger charge is 2.25. The average Bonchev–Trinajstić information content (AvgIpc) is 3.55. The maximum atomic E-state index is 11.7. The minimum atomic E-state index is -0.897. The summed E-state index contributed by atoms with van der Waals surface area (Å²) in [6.45, 7) is 3.41. The van der Waals surface area contributed by atoms with E-state index < -0.39 is 5.97 Å². The van der Waals surface area contributed by atoms with Crippen molar-refractivity contribution in [3.8, 4) is 11.5 Å². The van der Waals surface area contributed by atoms with Crippen LogP contribution in [0.4, 0.5) is 0 Å². The lowest BCUT2D eigenvalue weighted by Gasteiger charge is -2.32. The Kier molecular flexibility index (Phi) is 7.30. The van der Waals surface area contributed by atoms with Crippen LogP contribution in [0.25, 0.3) is 10.9 Å². The van der Waals surface area contributed by atoms with E-state index in [2.05, 4.69) is 44.6 Å². The molecule has 1 fully saturated rings. The van der Waals surface area contributed by atoms with E-state index in [4.69, 9.17) is 9.47 Å². The zero-order chi connectivity index (χ0) is 25.1. The summed E-state index contributed by atoms with van der Waals surface area (Å²) in [5.74, 6) is 1.14. The number of carbonyl (C=O) groups is 1. The molecule has 0 saturated carbocycles. The molecule has 0 atom stereocenters. The Labute approximate surface area is 215 Å². The maximum Gasteiger partial charge on any atom is 0.336 e. The Hall–Kier alpha value is -3.29. The number of ether oxygens (including phenoxy) is 2. The normalized spacial score (nSPS) is 14.8. The summed E-state index contributed by atoms with van der Waals surface area (Å²) in [4.78, 5) is 14.1. The van der Waals surface area contributed by atoms with Gasteiger partial charge in [-0.2, -0.15) is 11.3 Å². The fourth-order valence-corrected chi connectivity index (χ4v) is 6.01. The zero-order valence-electron chi connectivity index (χ0n) is 20.8. The second-order valence-corrected chi connectivity index (χ2v) is 10.2. The van der Waals surface area contributed by atoms with Crippen LogP contribution in [-0.4, -0.2) is 47.9 Å². The quantitative estimate of drug-likeness (QED) is 0.301. The van der Waals surface area contributed by atoms with Crippen LogP contribution in [0.2, 0.25) is 0 Å². The molecule has 36 heavy (non-hydrogen) atoms. The third-order valence-electron chi connectivity index (χ3n) is 7.30. The number of likely N-dealkylation sites (tertiary alicyclic amines) is 1. The van der Waals surface area contributed by atoms with Crippen LogP contribution in [0.3, 0.4) is 0 Å². The first-order valence-electron chi connectivity index (χ1n) is 12.4. The smallest absolute Gasteiger partial charge is 0.336 e. The lowest BCUT2D eigenvalue weighted by Crippen LogP contribution is -2.33. The minimum absolute atomic E-state index is 0.346. The molecule has 1 N–H and O–H groups in total. The Morgan fingerprint density at radius 1 is 1.06 bits per heavy atom. The monoisotopic (exact) mass is 504 g/mol. The number of hydrogen-bond acceptors (Lipinski definition) is 5. The van der Waals surface area contributed by atoms with Crippen LogP contribution in [-0.2, 0) is 19.5 Å². The second-order valence-electron chi connectivity index (χ2n) is 9.42. The highest BCUT2D eigenvalue weighted by molar-refractivity contribution is 7.07. The molecule has 1 aliphatic heterocycles. The van der Waals surface area contributed by atoms with Crippen molar-refractivity contribution in [1.29, 1.82) is 0 Å². The predicted molar refractivity (Wildman–Crippen MR) is 144 cm³/mol. The number of methoxy groups -OCH3 is 2. The lowest BCUT2D eigenvalue weighted by atomic mass is 9.89. The van der Waals surface area contributed by atoms with Crippen molar-refractivity contribution < 1.29 is 19.4 Å². The van der Waals surface area contributed by atoms with Crippen molar-refractivity contribution in [1.82, 2.24) is 9.47 Å². The Morgan fingerprint density at radius 2 is 1.81 bits per heavy atom. The standard InChI is InChI=1S/C29H32N2O4S/c1-34-23-3-5-25(29(32)33)22(15-23)17-30-11-8-21(9-12-30)27-18-31(13-7-20-10-14-36-19-20)28-6-4-24(35-2)16-26(27)28/h3-6,10,14-16,18-19,21H,7-9,11-13,17H2,1-2H3,(H,32,33). The first-order chi connectivity index (χ1) is 17.6. The molecule has 5 rings (SSSR count). The Balaban J connectivity index is 1.33. The van der Waals surface area contributed by atoms with Crippen molar-refractivity contribution in [2.75, 3.05) is 27.3 Å². The van der Waals surface area contributed by atoms with Crippen molar-refractivity contribution in [2.24, 2.45) is 0 Å². The van der Waals surface area contributed by atoms with E-state index in [0.29, 0.717) is 23.8 Å². The van der Waals surface area contributed by atoms with Gasteiger partial charge in [-0.05, 0) is 108 Å². The van der Waals surface area contributed by atoms with Crippen molar-refractivity contribution in [2.45, 2.75) is 38.3 Å². The molecule has 0 aliphatic carbocycles. The van der Waals surface area contributed by atoms with E-state index in [-0.39, 0.29) is 0 Å². The number of thiophene rings is 1. The maximum absolute atomic E-state index is 11.7. The molecular formula is C29H32N2O4S. The molecule has 2 aromatic heterocycles. The predicted octanol–water partition coefficient (Wildman–Crippen LogP) is 6.04. The molecule has 188 valence electrons. The SMILES string of the molecule is COc1ccc(C(=O)O)c(CN2CCC(c3cn(CCc4ccsc4)c4ccc(OC)cc34)CC2)c1. The molecule has 3 heterocycles. The van der Waals surface area contributed by atoms with E-state index in [0.717, 1.165) is 50.2 Å². The number of fused-ring (bicyclic) bond motifs is 1. The molecule has 6 nitrogen and oxygen atoms in total. The number of aryl methyl sites for hydroxylation is 2. The first kappa shape index (κ1) is 24.4. The van der Waals surface area contributed by atoms with Crippen molar-refractivity contribution >= 4 is 28.2 Å². The number of piperidine rings is 1. The number of carboxylic acid groups (broad SMARTS) is 1. The van der Waals surface area contributed by atoms with Crippen LogP contribution in [0.1, 0.15) is 45.8 Å². The van der Waals surface area contributed by atoms with Crippen LogP contribution in [0.5, 0.6) is 11.5 Å². The van der Waals surface area contributed by atoms with Crippen molar-refractivity contribution in [3.05, 3.63) is 81.7 Å². The summed E-state index contributed by atoms with van der Waals surface area (Å²) < 4.78 is 13.3. The van der Waals surface area contributed by atoms with E-state index in [1.165, 1.54) is 22.0 Å². The van der Waals surface area contributed by atoms with Gasteiger partial charge in [0.15, 0.2) is 0 Å². The summed E-state index contributed by atoms with van der Waals surface area (Å²) in [5, 5.41) is 15.3. The summed E-state index contributed by atoms with van der Waals surface area (Å²) >= 11 is 1.75. The fourth-order valence-electron chi connectivity index (χ4n) is 5.31. The van der Waals surface area contributed by atoms with E-state index in [1.807, 2.05) is 12.1 Å². The van der Waals surface area contributed by atoms with E-state index >= 15 is 0 Å². The average molecular weight is 505 g/mol. The van der Waals surface area contributed by atoms with Gasteiger partial charge in [-0.3, -0.25) is 4.90 Å². The fraction of sp³-hybridized carbons (Fsp3) is 0.345.